The first-order valence-electron chi connectivity index (χ1n) is 0. The van der Waals surface area contributed by atoms with Gasteiger partial charge >= 0.3 is 88.7 Å². The second-order valence-corrected chi connectivity index (χ2v) is 0. The normalized spacial score (nSPS) is 0. The second kappa shape index (κ2) is 16.7. The van der Waals surface area contributed by atoms with Crippen molar-refractivity contribution in [3.05, 3.63) is 0 Å². The molecule has 0 unspecified atom stereocenters. The van der Waals surface area contributed by atoms with Crippen LogP contribution in [0, 0.1) is 0 Å². The SMILES string of the molecule is N.[H-].[H-].[H-].[Na+].[Na+].[Na+]. The van der Waals surface area contributed by atoms with Gasteiger partial charge in [0.05, 0.1) is 0 Å². The summed E-state index contributed by atoms with van der Waals surface area (Å²) in [5.74, 6) is 0. The van der Waals surface area contributed by atoms with E-state index in [1.807, 2.05) is 0 Å². The molecule has 0 aliphatic carbocycles. The molecule has 0 aromatic rings. The maximum atomic E-state index is 0. The summed E-state index contributed by atoms with van der Waals surface area (Å²) in [5.41, 5.74) is 0. The summed E-state index contributed by atoms with van der Waals surface area (Å²) >= 11 is 0. The molecule has 0 bridgehead atoms. The molecule has 3 N–H and O–H groups in total. The molecule has 14 valence electrons. The summed E-state index contributed by atoms with van der Waals surface area (Å²) < 4.78 is 0. The monoisotopic (exact) mass is 89.0 g/mol. The number of hydrogen-bond donors (Lipinski definition) is 1. The van der Waals surface area contributed by atoms with E-state index >= 15 is 0 Å². The van der Waals surface area contributed by atoms with Crippen LogP contribution in [0.15, 0.2) is 0 Å². The zero-order chi connectivity index (χ0) is 0. The van der Waals surface area contributed by atoms with Crippen molar-refractivity contribution in [3.8, 4) is 0 Å². The van der Waals surface area contributed by atoms with Gasteiger partial charge in [-0.15, -0.1) is 0 Å². The molecule has 1 nitrogen and oxygen atoms in total. The second-order valence-electron chi connectivity index (χ2n) is 0. The van der Waals surface area contributed by atoms with Crippen molar-refractivity contribution in [2.45, 2.75) is 0 Å². The fourth-order valence-electron chi connectivity index (χ4n) is 0. The Balaban J connectivity index is 0. The fourth-order valence-corrected chi connectivity index (χ4v) is 0. The van der Waals surface area contributed by atoms with Gasteiger partial charge in [-0.1, -0.05) is 0 Å². The summed E-state index contributed by atoms with van der Waals surface area (Å²) in [7, 11) is 0. The predicted octanol–water partition coefficient (Wildman–Crippen LogP) is -8.49. The van der Waals surface area contributed by atoms with Gasteiger partial charge in [0.2, 0.25) is 0 Å². The molecule has 0 saturated carbocycles. The van der Waals surface area contributed by atoms with E-state index in [4.69, 9.17) is 0 Å². The van der Waals surface area contributed by atoms with Gasteiger partial charge in [0, 0.05) is 0 Å². The molecule has 0 aliphatic heterocycles. The molecular weight excluding hydrogens is 83.0 g/mol. The Bertz CT molecular complexity index is 10.1. The number of rotatable bonds is 0. The van der Waals surface area contributed by atoms with Crippen LogP contribution < -0.4 is 94.8 Å². The van der Waals surface area contributed by atoms with E-state index in [9.17, 15) is 0 Å². The third-order valence-corrected chi connectivity index (χ3v) is 0. The molecule has 0 spiro atoms. The largest absolute Gasteiger partial charge is 1.00 e. The average Bonchev–Trinajstić information content (AvgIpc) is 0. The van der Waals surface area contributed by atoms with Gasteiger partial charge in [0.1, 0.15) is 0 Å². The maximum absolute atomic E-state index is 0. The number of hydrogen-bond acceptors (Lipinski definition) is 1. The van der Waals surface area contributed by atoms with Gasteiger partial charge in [-0.2, -0.15) is 0 Å². The van der Waals surface area contributed by atoms with Crippen LogP contribution >= 0.6 is 0 Å². The molecule has 0 radical (unpaired) electrons. The van der Waals surface area contributed by atoms with Gasteiger partial charge in [0.25, 0.3) is 0 Å². The predicted molar refractivity (Wildman–Crippen MR) is 8.36 cm³/mol. The van der Waals surface area contributed by atoms with Crippen LogP contribution in [0.25, 0.3) is 0 Å². The van der Waals surface area contributed by atoms with Crippen molar-refractivity contribution in [3.63, 3.8) is 0 Å². The Morgan fingerprint density at radius 1 is 0.750 bits per heavy atom. The molecule has 0 aromatic heterocycles. The summed E-state index contributed by atoms with van der Waals surface area (Å²) in [6, 6.07) is 0. The maximum Gasteiger partial charge on any atom is 1.00 e. The summed E-state index contributed by atoms with van der Waals surface area (Å²) in [6.07, 6.45) is 0. The fraction of sp³-hybridized carbons (Fsp3) is 0. The molecule has 0 rings (SSSR count). The molecule has 0 heterocycles. The summed E-state index contributed by atoms with van der Waals surface area (Å²) in [5, 5.41) is 0. The Labute approximate surface area is 97.2 Å². The van der Waals surface area contributed by atoms with Crippen LogP contribution in [-0.2, 0) is 0 Å². The van der Waals surface area contributed by atoms with Crippen LogP contribution in [0.4, 0.5) is 0 Å². The van der Waals surface area contributed by atoms with Crippen molar-refractivity contribution in [1.29, 1.82) is 0 Å². The van der Waals surface area contributed by atoms with Gasteiger partial charge < -0.3 is 10.4 Å². The minimum atomic E-state index is 0. The third-order valence-electron chi connectivity index (χ3n) is 0. The van der Waals surface area contributed by atoms with Crippen molar-refractivity contribution in [2.75, 3.05) is 0 Å². The van der Waals surface area contributed by atoms with E-state index in [1.165, 1.54) is 0 Å². The smallest absolute Gasteiger partial charge is 1.00 e. The van der Waals surface area contributed by atoms with Gasteiger partial charge in [-0.05, 0) is 0 Å². The standard InChI is InChI=1S/H3N.3Na.3H/h1H3;;;;;;/q;3*+1;3*-1. The first-order chi connectivity index (χ1) is 0. The van der Waals surface area contributed by atoms with Crippen LogP contribution in [0.5, 0.6) is 0 Å². The van der Waals surface area contributed by atoms with Crippen molar-refractivity contribution in [2.24, 2.45) is 0 Å². The van der Waals surface area contributed by atoms with Crippen LogP contribution in [0.2, 0.25) is 0 Å². The molecule has 0 fully saturated rings. The van der Waals surface area contributed by atoms with Crippen molar-refractivity contribution < 1.29 is 93.0 Å². The van der Waals surface area contributed by atoms with E-state index in [-0.39, 0.29) is 99.1 Å². The van der Waals surface area contributed by atoms with Crippen LogP contribution in [-0.4, -0.2) is 0 Å². The van der Waals surface area contributed by atoms with Crippen molar-refractivity contribution in [1.82, 2.24) is 6.15 Å². The van der Waals surface area contributed by atoms with E-state index in [2.05, 4.69) is 0 Å². The quantitative estimate of drug-likeness (QED) is 0.294. The molecular formula is H6NNa3. The Morgan fingerprint density at radius 2 is 0.750 bits per heavy atom. The first kappa shape index (κ1) is 28.2. The molecule has 0 aliphatic rings. The molecule has 4 heavy (non-hydrogen) atoms. The first-order valence-corrected chi connectivity index (χ1v) is 0. The zero-order valence-corrected chi connectivity index (χ0v) is 9.71. The minimum absolute atomic E-state index is 0. The van der Waals surface area contributed by atoms with Crippen LogP contribution in [0.3, 0.4) is 0 Å². The summed E-state index contributed by atoms with van der Waals surface area (Å²) in [6.45, 7) is 0. The average molecular weight is 89.0 g/mol. The van der Waals surface area contributed by atoms with E-state index in [0.717, 1.165) is 0 Å². The Hall–Kier alpha value is 2.96. The van der Waals surface area contributed by atoms with Gasteiger partial charge in [0.15, 0.2) is 0 Å². The van der Waals surface area contributed by atoms with E-state index < -0.39 is 0 Å². The molecule has 0 saturated heterocycles. The van der Waals surface area contributed by atoms with Crippen LogP contribution in [0.1, 0.15) is 4.28 Å². The Morgan fingerprint density at radius 3 is 0.750 bits per heavy atom. The molecule has 0 amide bonds. The third kappa shape index (κ3) is 8.88. The van der Waals surface area contributed by atoms with E-state index in [1.54, 1.807) is 0 Å². The zero-order valence-electron chi connectivity index (χ0n) is 6.71. The molecule has 0 atom stereocenters. The minimum Gasteiger partial charge on any atom is -1.00 e. The molecule has 4 heteroatoms. The van der Waals surface area contributed by atoms with Gasteiger partial charge in [-0.25, -0.2) is 0 Å². The molecule has 0 aromatic carbocycles. The Kier molecular flexibility index (Phi) is 118. The van der Waals surface area contributed by atoms with Gasteiger partial charge in [-0.3, -0.25) is 0 Å². The van der Waals surface area contributed by atoms with E-state index in [0.29, 0.717) is 0 Å². The topological polar surface area (TPSA) is 35.0 Å². The summed E-state index contributed by atoms with van der Waals surface area (Å²) in [4.78, 5) is 0. The van der Waals surface area contributed by atoms with Crippen molar-refractivity contribution >= 4 is 0 Å².